The number of carbonyl (C=O) groups excluding carboxylic acids is 1. The topological polar surface area (TPSA) is 59.4 Å². The van der Waals surface area contributed by atoms with E-state index in [-0.39, 0.29) is 23.9 Å². The first-order valence-electron chi connectivity index (χ1n) is 10.2. The SMILES string of the molecule is CCC1C(C)CC2(O)C(=O)O[C@H](C)C2C1/C=C/c1ccc(-c2ccc(Cl)s2)cn1. The van der Waals surface area contributed by atoms with E-state index in [0.717, 1.165) is 26.9 Å². The van der Waals surface area contributed by atoms with Crippen LogP contribution in [0.5, 0.6) is 0 Å². The molecule has 4 nitrogen and oxygen atoms in total. The summed E-state index contributed by atoms with van der Waals surface area (Å²) in [5.41, 5.74) is 0.510. The van der Waals surface area contributed by atoms with Gasteiger partial charge >= 0.3 is 5.97 Å². The fourth-order valence-corrected chi connectivity index (χ4v) is 6.31. The van der Waals surface area contributed by atoms with Crippen LogP contribution in [0.15, 0.2) is 36.5 Å². The summed E-state index contributed by atoms with van der Waals surface area (Å²) in [4.78, 5) is 18.0. The number of allylic oxidation sites excluding steroid dienone is 1. The van der Waals surface area contributed by atoms with Gasteiger partial charge in [-0.25, -0.2) is 4.79 Å². The Labute approximate surface area is 180 Å². The van der Waals surface area contributed by atoms with E-state index in [1.807, 2.05) is 43.5 Å². The number of fused-ring (bicyclic) bond motifs is 1. The highest BCUT2D eigenvalue weighted by molar-refractivity contribution is 7.19. The van der Waals surface area contributed by atoms with E-state index >= 15 is 0 Å². The molecule has 0 amide bonds. The van der Waals surface area contributed by atoms with Crippen molar-refractivity contribution >= 4 is 35.0 Å². The van der Waals surface area contributed by atoms with Gasteiger partial charge in [0.25, 0.3) is 0 Å². The maximum Gasteiger partial charge on any atom is 0.338 e. The number of aromatic nitrogens is 1. The third-order valence-electron chi connectivity index (χ3n) is 6.58. The second kappa shape index (κ2) is 7.86. The Kier molecular flexibility index (Phi) is 5.58. The highest BCUT2D eigenvalue weighted by Gasteiger charge is 2.62. The number of cyclic esters (lactones) is 1. The first-order valence-corrected chi connectivity index (χ1v) is 11.4. The summed E-state index contributed by atoms with van der Waals surface area (Å²) in [6.07, 6.45) is 7.16. The van der Waals surface area contributed by atoms with Gasteiger partial charge in [0.1, 0.15) is 6.10 Å². The van der Waals surface area contributed by atoms with Crippen molar-refractivity contribution in [3.8, 4) is 10.4 Å². The van der Waals surface area contributed by atoms with E-state index in [4.69, 9.17) is 16.3 Å². The standard InChI is InChI=1S/C23H26ClNO3S/c1-4-17-13(2)11-23(27)21(14(3)28-22(23)26)18(17)8-7-16-6-5-15(12-25-16)19-9-10-20(24)29-19/h5-10,12-14,17-18,21,27H,4,11H2,1-3H3/b8-7+/t13?,14-,17?,18?,21?,23?/m1/s1. The van der Waals surface area contributed by atoms with Crippen molar-refractivity contribution in [1.29, 1.82) is 0 Å². The lowest BCUT2D eigenvalue weighted by Gasteiger charge is -2.45. The molecule has 6 heteroatoms. The summed E-state index contributed by atoms with van der Waals surface area (Å²) in [6.45, 7) is 6.19. The highest BCUT2D eigenvalue weighted by atomic mass is 35.5. The minimum Gasteiger partial charge on any atom is -0.460 e. The summed E-state index contributed by atoms with van der Waals surface area (Å²) in [5.74, 6) is 0.00766. The summed E-state index contributed by atoms with van der Waals surface area (Å²) in [7, 11) is 0. The molecule has 6 atom stereocenters. The molecule has 1 saturated heterocycles. The predicted molar refractivity (Wildman–Crippen MR) is 117 cm³/mol. The fourth-order valence-electron chi connectivity index (χ4n) is 5.27. The molecule has 1 N–H and O–H groups in total. The number of pyridine rings is 1. The van der Waals surface area contributed by atoms with Crippen molar-refractivity contribution in [3.63, 3.8) is 0 Å². The smallest absolute Gasteiger partial charge is 0.338 e. The molecule has 2 fully saturated rings. The lowest BCUT2D eigenvalue weighted by molar-refractivity contribution is -0.160. The summed E-state index contributed by atoms with van der Waals surface area (Å²) in [6, 6.07) is 7.90. The van der Waals surface area contributed by atoms with Gasteiger partial charge in [-0.1, -0.05) is 37.9 Å². The largest absolute Gasteiger partial charge is 0.460 e. The molecule has 1 aliphatic heterocycles. The van der Waals surface area contributed by atoms with Gasteiger partial charge in [-0.05, 0) is 61.4 Å². The molecule has 3 heterocycles. The van der Waals surface area contributed by atoms with Crippen LogP contribution >= 0.6 is 22.9 Å². The quantitative estimate of drug-likeness (QED) is 0.653. The number of aliphatic hydroxyl groups is 1. The van der Waals surface area contributed by atoms with Gasteiger partial charge < -0.3 is 9.84 Å². The van der Waals surface area contributed by atoms with Crippen LogP contribution in [-0.2, 0) is 9.53 Å². The number of rotatable bonds is 4. The number of ether oxygens (including phenoxy) is 1. The molecule has 2 aromatic heterocycles. The van der Waals surface area contributed by atoms with Crippen molar-refractivity contribution in [1.82, 2.24) is 4.98 Å². The van der Waals surface area contributed by atoms with Crippen molar-refractivity contribution < 1.29 is 14.6 Å². The minimum atomic E-state index is -1.38. The van der Waals surface area contributed by atoms with E-state index < -0.39 is 11.6 Å². The zero-order valence-corrected chi connectivity index (χ0v) is 18.4. The van der Waals surface area contributed by atoms with Crippen LogP contribution in [0, 0.1) is 23.7 Å². The van der Waals surface area contributed by atoms with E-state index in [1.165, 1.54) is 11.3 Å². The van der Waals surface area contributed by atoms with Crippen LogP contribution in [0.3, 0.4) is 0 Å². The van der Waals surface area contributed by atoms with E-state index in [1.54, 1.807) is 0 Å². The Morgan fingerprint density at radius 3 is 2.76 bits per heavy atom. The number of carbonyl (C=O) groups is 1. The monoisotopic (exact) mass is 431 g/mol. The van der Waals surface area contributed by atoms with Crippen molar-refractivity contribution in [2.75, 3.05) is 0 Å². The molecule has 4 rings (SSSR count). The zero-order valence-electron chi connectivity index (χ0n) is 16.8. The number of hydrogen-bond acceptors (Lipinski definition) is 5. The molecule has 0 bridgehead atoms. The summed E-state index contributed by atoms with van der Waals surface area (Å²) < 4.78 is 6.21. The Hall–Kier alpha value is -1.69. The van der Waals surface area contributed by atoms with Gasteiger partial charge in [0, 0.05) is 22.6 Å². The number of halogens is 1. The van der Waals surface area contributed by atoms with E-state index in [9.17, 15) is 9.90 Å². The van der Waals surface area contributed by atoms with Gasteiger partial charge in [0.2, 0.25) is 0 Å². The Bertz CT molecular complexity index is 924. The van der Waals surface area contributed by atoms with Crippen LogP contribution in [0.25, 0.3) is 16.5 Å². The molecule has 0 spiro atoms. The number of hydrogen-bond donors (Lipinski definition) is 1. The second-order valence-electron chi connectivity index (χ2n) is 8.33. The van der Waals surface area contributed by atoms with Crippen LogP contribution in [-0.4, -0.2) is 27.8 Å². The molecule has 0 radical (unpaired) electrons. The van der Waals surface area contributed by atoms with Gasteiger partial charge in [-0.15, -0.1) is 11.3 Å². The van der Waals surface area contributed by atoms with Crippen LogP contribution in [0.2, 0.25) is 4.34 Å². The van der Waals surface area contributed by atoms with Gasteiger partial charge in [-0.3, -0.25) is 4.98 Å². The van der Waals surface area contributed by atoms with E-state index in [2.05, 4.69) is 24.9 Å². The highest BCUT2D eigenvalue weighted by Crippen LogP contribution is 2.52. The minimum absolute atomic E-state index is 0.0628. The van der Waals surface area contributed by atoms with Gasteiger partial charge in [0.15, 0.2) is 5.60 Å². The number of esters is 1. The van der Waals surface area contributed by atoms with Crippen LogP contribution in [0.4, 0.5) is 0 Å². The zero-order chi connectivity index (χ0) is 20.8. The normalized spacial score (nSPS) is 34.4. The Morgan fingerprint density at radius 2 is 2.14 bits per heavy atom. The molecule has 2 aliphatic rings. The molecule has 154 valence electrons. The van der Waals surface area contributed by atoms with Crippen molar-refractivity contribution in [2.24, 2.45) is 23.7 Å². The molecular formula is C23H26ClNO3S. The third-order valence-corrected chi connectivity index (χ3v) is 7.86. The van der Waals surface area contributed by atoms with Crippen LogP contribution < -0.4 is 0 Å². The summed E-state index contributed by atoms with van der Waals surface area (Å²) >= 11 is 7.56. The molecule has 1 saturated carbocycles. The average molecular weight is 432 g/mol. The lowest BCUT2D eigenvalue weighted by atomic mass is 9.59. The van der Waals surface area contributed by atoms with E-state index in [0.29, 0.717) is 12.3 Å². The fraction of sp³-hybridized carbons (Fsp3) is 0.478. The number of thiophene rings is 1. The van der Waals surface area contributed by atoms with Gasteiger partial charge in [0.05, 0.1) is 10.0 Å². The first-order chi connectivity index (χ1) is 13.8. The van der Waals surface area contributed by atoms with Crippen LogP contribution in [0.1, 0.15) is 39.3 Å². The molecule has 0 aromatic carbocycles. The Morgan fingerprint density at radius 1 is 1.34 bits per heavy atom. The Balaban J connectivity index is 1.60. The number of nitrogens with zero attached hydrogens (tertiary/aromatic N) is 1. The maximum atomic E-state index is 12.4. The average Bonchev–Trinajstić information content (AvgIpc) is 3.21. The van der Waals surface area contributed by atoms with Gasteiger partial charge in [-0.2, -0.15) is 0 Å². The second-order valence-corrected chi connectivity index (χ2v) is 10.0. The lowest BCUT2D eigenvalue weighted by Crippen LogP contribution is -2.53. The predicted octanol–water partition coefficient (Wildman–Crippen LogP) is 5.45. The molecule has 29 heavy (non-hydrogen) atoms. The molecule has 5 unspecified atom stereocenters. The molecular weight excluding hydrogens is 406 g/mol. The van der Waals surface area contributed by atoms with Crippen molar-refractivity contribution in [2.45, 2.75) is 45.3 Å². The first kappa shape index (κ1) is 20.6. The summed E-state index contributed by atoms with van der Waals surface area (Å²) in [5, 5.41) is 11.1. The van der Waals surface area contributed by atoms with Crippen molar-refractivity contribution in [3.05, 3.63) is 46.6 Å². The molecule has 2 aromatic rings. The molecule has 1 aliphatic carbocycles. The maximum absolute atomic E-state index is 12.4. The third kappa shape index (κ3) is 3.65.